The number of anilines is 3. The summed E-state index contributed by atoms with van der Waals surface area (Å²) in [4.78, 5) is 0. The van der Waals surface area contributed by atoms with Crippen molar-refractivity contribution < 1.29 is 83.8 Å². The van der Waals surface area contributed by atoms with Gasteiger partial charge in [0.1, 0.15) is 0 Å². The number of phenolic OH excluding ortho intramolecular Hbond substituents is 3. The van der Waals surface area contributed by atoms with Crippen molar-refractivity contribution >= 4 is 143 Å². The molecule has 0 heterocycles. The van der Waals surface area contributed by atoms with Crippen LogP contribution in [0, 0.1) is 0 Å². The van der Waals surface area contributed by atoms with Crippen LogP contribution in [0.15, 0.2) is 54.6 Å². The van der Waals surface area contributed by atoms with E-state index < -0.39 is 48.0 Å². The number of rotatable bonds is 11. The number of aromatic hydroxyl groups is 3. The van der Waals surface area contributed by atoms with Crippen LogP contribution >= 0.6 is 0 Å². The Hall–Kier alpha value is 0.632. The molecule has 238 valence electrons. The molecule has 0 aromatic heterocycles. The number of hydrogen-bond donors (Lipinski definition) is 9. The van der Waals surface area contributed by atoms with Crippen LogP contribution in [-0.2, 0) is 30.4 Å². The quantitative estimate of drug-likeness (QED) is 0.0494. The normalized spacial score (nSPS) is 11.2. The van der Waals surface area contributed by atoms with Crippen LogP contribution in [0.5, 0.6) is 17.2 Å². The maximum atomic E-state index is 10.5. The summed E-state index contributed by atoms with van der Waals surface area (Å²) in [6, 6.07) is 14.7. The van der Waals surface area contributed by atoms with E-state index >= 15 is 0 Å². The monoisotopic (exact) mass is 1270 g/mol. The molecule has 4 radical (unpaired) electrons. The van der Waals surface area contributed by atoms with Gasteiger partial charge in [0.25, 0.3) is 0 Å². The predicted molar refractivity (Wildman–Crippen MR) is 172 cm³/mol. The first-order chi connectivity index (χ1) is 20.2. The van der Waals surface area contributed by atoms with Gasteiger partial charge in [0, 0.05) is 0 Å². The summed E-state index contributed by atoms with van der Waals surface area (Å²) in [5.74, 6) is -1.93. The van der Waals surface area contributed by atoms with E-state index in [1.54, 1.807) is 24.3 Å². The second kappa shape index (κ2) is 21.7. The zero-order valence-corrected chi connectivity index (χ0v) is 39.9. The zero-order chi connectivity index (χ0) is 33.7. The number of phenols is 3. The molecule has 0 fully saturated rings. The van der Waals surface area contributed by atoms with E-state index in [0.29, 0.717) is 11.4 Å². The van der Waals surface area contributed by atoms with Gasteiger partial charge in [0.05, 0.1) is 0 Å². The van der Waals surface area contributed by atoms with Gasteiger partial charge in [-0.25, -0.2) is 0 Å². The smallest absolute Gasteiger partial charge is 1.00 e. The molecule has 0 aliphatic heterocycles. The van der Waals surface area contributed by atoms with Crippen LogP contribution < -0.4 is 58.6 Å². The van der Waals surface area contributed by atoms with Gasteiger partial charge in [0.2, 0.25) is 0 Å². The van der Waals surface area contributed by atoms with Crippen molar-refractivity contribution in [3.05, 3.63) is 54.6 Å². The topological polar surface area (TPSA) is 260 Å². The summed E-state index contributed by atoms with van der Waals surface area (Å²) in [6.45, 7) is 0. The van der Waals surface area contributed by atoms with Gasteiger partial charge in [-0.15, -0.1) is 0 Å². The fraction of sp³-hybridized carbons (Fsp3) is 0.143. The Bertz CT molecular complexity index is 1720. The molecule has 45 heavy (non-hydrogen) atoms. The number of hydrogen-bond acceptors (Lipinski definition) is 12. The van der Waals surface area contributed by atoms with Gasteiger partial charge >= 0.3 is 332 Å². The van der Waals surface area contributed by atoms with Crippen LogP contribution in [0.2, 0.25) is 0 Å². The summed E-state index contributed by atoms with van der Waals surface area (Å²) in [6.07, 6.45) is 0. The van der Waals surface area contributed by atoms with Crippen molar-refractivity contribution in [3.63, 3.8) is 0 Å². The minimum Gasteiger partial charge on any atom is 1.00 e. The maximum Gasteiger partial charge on any atom is 1.00 e. The summed E-state index contributed by atoms with van der Waals surface area (Å²) >= 11 is 5.05. The zero-order valence-electron chi connectivity index (χ0n) is 22.9. The molecule has 3 aromatic carbocycles. The minimum absolute atomic E-state index is 0. The molecule has 0 bridgehead atoms. The molecule has 0 spiro atoms. The molecule has 0 saturated carbocycles. The van der Waals surface area contributed by atoms with Crippen molar-refractivity contribution in [2.24, 2.45) is 0 Å². The molecular weight excluding hydrogens is 1250 g/mol. The van der Waals surface area contributed by atoms with Gasteiger partial charge in [-0.3, -0.25) is 0 Å². The molecule has 3 rings (SSSR count). The molecule has 0 amide bonds. The van der Waals surface area contributed by atoms with Crippen LogP contribution in [0.25, 0.3) is 0 Å². The molecule has 0 aliphatic carbocycles. The Kier molecular flexibility index (Phi) is 22.0. The van der Waals surface area contributed by atoms with E-state index in [0.717, 1.165) is 13.1 Å². The second-order valence-electron chi connectivity index (χ2n) is 8.01. The van der Waals surface area contributed by atoms with Crippen molar-refractivity contribution in [2.75, 3.05) is 33.6 Å². The molecule has 0 saturated heterocycles. The van der Waals surface area contributed by atoms with Crippen molar-refractivity contribution in [2.45, 2.75) is 0 Å². The SMILES string of the molecule is O=S(=O)(O)CNc1cc([As])ccc1O.O=S(=O)(O)CNc1cc([As]=[Bi])ccc1O.O=S(=O)(O)CNc1cc([As]=[Bi])ccc1O.[Na+]. The first kappa shape index (κ1) is 45.6. The standard InChI is InChI=1S/3C7H8AsNO4S.2Bi.Na/c3*8-5-1-2-7(10)6(3-5)9-4-14(11,12)13;;;/h3*1-3,9-10H,4H2,(H,11,12,13);;;/q;;;;;+1. The van der Waals surface area contributed by atoms with Gasteiger partial charge in [-0.1, -0.05) is 0 Å². The second-order valence-corrected chi connectivity index (χ2v) is 24.5. The van der Waals surface area contributed by atoms with Crippen molar-refractivity contribution in [3.8, 4) is 17.2 Å². The largest absolute Gasteiger partial charge is 1.00 e. The Morgan fingerprint density at radius 2 is 0.867 bits per heavy atom. The molecule has 0 atom stereocenters. The first-order valence-electron chi connectivity index (χ1n) is 11.2. The molecule has 0 aliphatic rings. The third-order valence-electron chi connectivity index (χ3n) is 4.51. The molecule has 15 nitrogen and oxygen atoms in total. The fourth-order valence-electron chi connectivity index (χ4n) is 2.63. The van der Waals surface area contributed by atoms with E-state index in [1.165, 1.54) is 61.2 Å². The predicted octanol–water partition coefficient (Wildman–Crippen LogP) is -5.43. The van der Waals surface area contributed by atoms with Crippen molar-refractivity contribution in [1.82, 2.24) is 0 Å². The third-order valence-corrected chi connectivity index (χ3v) is 18.1. The van der Waals surface area contributed by atoms with E-state index in [-0.39, 0.29) is 75.2 Å². The Morgan fingerprint density at radius 1 is 0.578 bits per heavy atom. The molecule has 9 N–H and O–H groups in total. The van der Waals surface area contributed by atoms with Crippen LogP contribution in [-0.4, -0.2) is 154 Å². The van der Waals surface area contributed by atoms with E-state index in [9.17, 15) is 40.6 Å². The van der Waals surface area contributed by atoms with Gasteiger partial charge in [-0.2, -0.15) is 0 Å². The Labute approximate surface area is 327 Å². The Balaban J connectivity index is 0.000000639. The van der Waals surface area contributed by atoms with Crippen LogP contribution in [0.4, 0.5) is 17.1 Å². The molecule has 24 heteroatoms. The average Bonchev–Trinajstić information content (AvgIpc) is 2.92. The summed E-state index contributed by atoms with van der Waals surface area (Å²) < 4.78 is 91.4. The van der Waals surface area contributed by atoms with E-state index in [1.807, 2.05) is 12.1 Å². The van der Waals surface area contributed by atoms with Gasteiger partial charge in [-0.05, 0) is 0 Å². The summed E-state index contributed by atoms with van der Waals surface area (Å²) in [5.41, 5.74) is 0.943. The van der Waals surface area contributed by atoms with Crippen molar-refractivity contribution in [1.29, 1.82) is 0 Å². The Morgan fingerprint density at radius 3 is 1.16 bits per heavy atom. The van der Waals surface area contributed by atoms with Gasteiger partial charge in [0.15, 0.2) is 0 Å². The van der Waals surface area contributed by atoms with E-state index in [4.69, 9.17) is 13.7 Å². The number of benzene rings is 3. The number of nitrogens with one attached hydrogen (secondary N) is 3. The van der Waals surface area contributed by atoms with Gasteiger partial charge < -0.3 is 0 Å². The summed E-state index contributed by atoms with van der Waals surface area (Å²) in [5, 5.41) is 35.4. The maximum absolute atomic E-state index is 10.5. The molecule has 3 aromatic rings. The summed E-state index contributed by atoms with van der Waals surface area (Å²) in [7, 11) is -12.2. The molecule has 0 unspecified atom stereocenters. The average molecular weight is 1270 g/mol. The first-order valence-corrected chi connectivity index (χ1v) is 36.7. The van der Waals surface area contributed by atoms with Crippen LogP contribution in [0.1, 0.15) is 0 Å². The molecular formula is C21H24As3Bi2N3NaO12S3+. The fourth-order valence-corrected chi connectivity index (χ4v) is 10.5. The van der Waals surface area contributed by atoms with Crippen LogP contribution in [0.3, 0.4) is 0 Å². The van der Waals surface area contributed by atoms with E-state index in [2.05, 4.69) is 32.8 Å². The third kappa shape index (κ3) is 21.4. The minimum atomic E-state index is -4.08.